The van der Waals surface area contributed by atoms with E-state index in [0.717, 1.165) is 20.8 Å². The van der Waals surface area contributed by atoms with E-state index in [9.17, 15) is 157 Å². The first-order valence-electron chi connectivity index (χ1n) is 37.8. The Bertz CT molecular complexity index is 3090. The standard InChI is InChI=1S/C66H113N3O49/c1-15-32(83)41(92)45(96)61(102-15)113-52-27(13-77)109-60(31(69-19(5)80)54(52)115-66-57(44(95)36(87)23(9-73)107-66)118-62-46(97)42(93)33(84)16(2)103-62)116-55-38(89)25(11-75)106-64(48(55)99)112-51-26(12-76)108-58(29(40(51)91)67-17(3)78)101-14-28-39(90)56(49(100)65(110-28)111-50(21(82)7-71)34(85)20(81)6-70)117-59-30(68-18(4)79)53(37(88)24(10-74)104-59)114-63-47(98)43(94)35(86)22(8-72)105-63/h15-16,20-66,70-77,81-100H,6-14H2,1-5H3,(H,67,78)(H,68,79)(H,69,80)/t15-,16-,20-,21+,22+,23+,24+,25+,26+,27+,28+,29+,30+,31+,32+,33+,34+,35-,36-,37+,38-,39-,40+,41+,42+,43-,44-,45-,46-,47+,48+,49+,50+,51+,52+,53+,54+,55-,56-,57+,58+,59-,60-,61-,62-,63-,64-,65-,66-/m0/s1. The Morgan fingerprint density at radius 3 is 1.10 bits per heavy atom. The Hall–Kier alpha value is -3.43. The van der Waals surface area contributed by atoms with Crippen LogP contribution in [0.4, 0.5) is 0 Å². The van der Waals surface area contributed by atoms with Gasteiger partial charge in [-0.15, -0.1) is 0 Å². The van der Waals surface area contributed by atoms with Crippen molar-refractivity contribution in [1.29, 1.82) is 0 Å². The van der Waals surface area contributed by atoms with Crippen LogP contribution in [-0.4, -0.2) is 521 Å². The maximum absolute atomic E-state index is 13.5. The monoisotopic (exact) mass is 1730 g/mol. The lowest BCUT2D eigenvalue weighted by Gasteiger charge is -2.52. The number of aliphatic hydroxyl groups excluding tert-OH is 28. The normalized spacial score (nSPS) is 48.2. The summed E-state index contributed by atoms with van der Waals surface area (Å²) in [5.41, 5.74) is 0. The molecular formula is C66H113N3O49. The van der Waals surface area contributed by atoms with Gasteiger partial charge in [-0.3, -0.25) is 14.4 Å². The Morgan fingerprint density at radius 1 is 0.288 bits per heavy atom. The van der Waals surface area contributed by atoms with Gasteiger partial charge < -0.3 is 244 Å². The molecule has 9 aliphatic rings. The molecule has 0 aromatic carbocycles. The van der Waals surface area contributed by atoms with E-state index in [4.69, 9.17) is 85.3 Å². The fourth-order valence-corrected chi connectivity index (χ4v) is 15.0. The van der Waals surface area contributed by atoms with Gasteiger partial charge in [0.05, 0.1) is 71.7 Å². The molecule has 686 valence electrons. The number of rotatable bonds is 33. The molecule has 3 amide bonds. The van der Waals surface area contributed by atoms with Gasteiger partial charge in [0.1, 0.15) is 232 Å². The van der Waals surface area contributed by atoms with Crippen LogP contribution in [0, 0.1) is 0 Å². The van der Waals surface area contributed by atoms with E-state index in [1.807, 2.05) is 0 Å². The molecule has 52 nitrogen and oxygen atoms in total. The number of carbonyl (C=O) groups excluding carboxylic acids is 3. The summed E-state index contributed by atoms with van der Waals surface area (Å²) in [5, 5.41) is 316. The smallest absolute Gasteiger partial charge is 0.217 e. The third-order valence-corrected chi connectivity index (χ3v) is 21.6. The third kappa shape index (κ3) is 21.8. The second kappa shape index (κ2) is 43.2. The Labute approximate surface area is 669 Å². The van der Waals surface area contributed by atoms with Crippen LogP contribution in [0.3, 0.4) is 0 Å². The molecule has 52 heteroatoms. The summed E-state index contributed by atoms with van der Waals surface area (Å²) in [6.45, 7) is -5.16. The number of amides is 3. The maximum atomic E-state index is 13.5. The van der Waals surface area contributed by atoms with E-state index < -0.39 is 378 Å². The highest BCUT2D eigenvalue weighted by molar-refractivity contribution is 5.74. The summed E-state index contributed by atoms with van der Waals surface area (Å²) < 4.78 is 107. The predicted molar refractivity (Wildman–Crippen MR) is 364 cm³/mol. The van der Waals surface area contributed by atoms with Gasteiger partial charge in [0, 0.05) is 20.8 Å². The van der Waals surface area contributed by atoms with Crippen molar-refractivity contribution < 1.29 is 243 Å². The SMILES string of the molecule is CC(=O)N[C@H]1[C@H](OC[C@H]2O[C@@H](O[C@@H]([C@H](O)[C@@H](O)CO)[C@H](O)CO)[C@H](O)[C@@H](O[C@@H]3O[C@H](CO)[C@@H](O)[C@H](O[C@@H]4O[C@H](CO)[C@H](O)[C@H](O)[C@H]4O)[C@H]3NC(C)=O)[C@H]2O)O[C@H](CO)[C@@H](O[C@@H]2O[C@H](CO)[C@H](O)[C@H](O[C@@H]3O[C@H](CO)[C@@H](O[C@@H]4O[C@@H](C)[C@@H](O)[C@@H](O)[C@@H]4O)[C@H](O[C@@H]4O[C@H](CO)[C@H](O)[C@H](O)[C@H]4O[C@@H]4O[C@@H](C)[C@@H](O)[C@@H](O)[C@@H]4O)[C@H]3NC(C)=O)[C@H]2O)[C@@H]1O. The topological polar surface area (TPSA) is 820 Å². The Kier molecular flexibility index (Phi) is 36.0. The summed E-state index contributed by atoms with van der Waals surface area (Å²) in [5.74, 6) is -2.95. The lowest BCUT2D eigenvalue weighted by atomic mass is 9.93. The second-order valence-corrected chi connectivity index (χ2v) is 30.0. The molecule has 0 unspecified atom stereocenters. The van der Waals surface area contributed by atoms with Gasteiger partial charge in [0.15, 0.2) is 56.6 Å². The number of carbonyl (C=O) groups is 3. The molecule has 9 fully saturated rings. The van der Waals surface area contributed by atoms with Crippen molar-refractivity contribution in [2.45, 2.75) is 335 Å². The molecule has 9 heterocycles. The minimum Gasteiger partial charge on any atom is -0.394 e. The number of aliphatic hydroxyl groups is 28. The van der Waals surface area contributed by atoms with E-state index in [-0.39, 0.29) is 0 Å². The molecule has 0 spiro atoms. The molecule has 0 aromatic heterocycles. The van der Waals surface area contributed by atoms with Crippen molar-refractivity contribution in [3.8, 4) is 0 Å². The third-order valence-electron chi connectivity index (χ3n) is 21.6. The molecule has 0 radical (unpaired) electrons. The van der Waals surface area contributed by atoms with E-state index in [0.29, 0.717) is 0 Å². The second-order valence-electron chi connectivity index (χ2n) is 30.0. The van der Waals surface area contributed by atoms with E-state index in [1.165, 1.54) is 13.8 Å². The fraction of sp³-hybridized carbons (Fsp3) is 0.955. The molecule has 31 N–H and O–H groups in total. The highest BCUT2D eigenvalue weighted by Gasteiger charge is 2.62. The van der Waals surface area contributed by atoms with Crippen LogP contribution >= 0.6 is 0 Å². The van der Waals surface area contributed by atoms with Gasteiger partial charge in [0.2, 0.25) is 17.7 Å². The predicted octanol–water partition coefficient (Wildman–Crippen LogP) is -20.7. The lowest BCUT2D eigenvalue weighted by Crippen LogP contribution is -2.71. The van der Waals surface area contributed by atoms with Crippen molar-refractivity contribution in [3.05, 3.63) is 0 Å². The first-order valence-corrected chi connectivity index (χ1v) is 37.8. The average molecular weight is 1730 g/mol. The van der Waals surface area contributed by atoms with Crippen LogP contribution in [0.1, 0.15) is 34.6 Å². The van der Waals surface area contributed by atoms with Crippen molar-refractivity contribution in [3.63, 3.8) is 0 Å². The number of hydrogen-bond donors (Lipinski definition) is 31. The molecule has 9 saturated heterocycles. The van der Waals surface area contributed by atoms with Crippen LogP contribution < -0.4 is 16.0 Å². The quantitative estimate of drug-likeness (QED) is 0.0290. The van der Waals surface area contributed by atoms with E-state index in [1.54, 1.807) is 0 Å². The molecule has 9 rings (SSSR count). The van der Waals surface area contributed by atoms with Crippen LogP contribution in [0.2, 0.25) is 0 Å². The van der Waals surface area contributed by atoms with E-state index >= 15 is 0 Å². The maximum Gasteiger partial charge on any atom is 0.217 e. The fourth-order valence-electron chi connectivity index (χ4n) is 15.0. The van der Waals surface area contributed by atoms with Crippen LogP contribution in [0.15, 0.2) is 0 Å². The number of nitrogens with one attached hydrogen (secondary N) is 3. The van der Waals surface area contributed by atoms with Gasteiger partial charge in [-0.25, -0.2) is 0 Å². The van der Waals surface area contributed by atoms with Crippen molar-refractivity contribution in [2.24, 2.45) is 0 Å². The lowest BCUT2D eigenvalue weighted by molar-refractivity contribution is -0.400. The van der Waals surface area contributed by atoms with Gasteiger partial charge >= 0.3 is 0 Å². The van der Waals surface area contributed by atoms with Crippen LogP contribution in [0.5, 0.6) is 0 Å². The largest absolute Gasteiger partial charge is 0.394 e. The zero-order valence-electron chi connectivity index (χ0n) is 63.7. The van der Waals surface area contributed by atoms with Crippen molar-refractivity contribution in [1.82, 2.24) is 16.0 Å². The summed E-state index contributed by atoms with van der Waals surface area (Å²) in [4.78, 5) is 39.7. The number of hydrogen-bond acceptors (Lipinski definition) is 49. The van der Waals surface area contributed by atoms with Gasteiger partial charge in [-0.1, -0.05) is 0 Å². The molecule has 0 saturated carbocycles. The Balaban J connectivity index is 1.01. The van der Waals surface area contributed by atoms with Gasteiger partial charge in [-0.2, -0.15) is 0 Å². The molecule has 118 heavy (non-hydrogen) atoms. The molecule has 0 aromatic rings. The number of ether oxygens (including phenoxy) is 18. The summed E-state index contributed by atoms with van der Waals surface area (Å²) in [6.07, 6.45) is -95.5. The van der Waals surface area contributed by atoms with Gasteiger partial charge in [-0.05, 0) is 13.8 Å². The van der Waals surface area contributed by atoms with Gasteiger partial charge in [0.25, 0.3) is 0 Å². The zero-order valence-corrected chi connectivity index (χ0v) is 63.7. The summed E-state index contributed by atoms with van der Waals surface area (Å²) in [6, 6.07) is -5.94. The minimum absolute atomic E-state index is 0.918. The zero-order chi connectivity index (χ0) is 87.2. The molecule has 9 aliphatic heterocycles. The minimum atomic E-state index is -2.48. The van der Waals surface area contributed by atoms with Crippen molar-refractivity contribution in [2.75, 3.05) is 59.5 Å². The molecular weight excluding hydrogens is 1620 g/mol. The summed E-state index contributed by atoms with van der Waals surface area (Å²) >= 11 is 0. The Morgan fingerprint density at radius 2 is 0.619 bits per heavy atom. The molecule has 0 aliphatic carbocycles. The highest BCUT2D eigenvalue weighted by Crippen LogP contribution is 2.41. The average Bonchev–Trinajstić information content (AvgIpc) is 0.760. The first kappa shape index (κ1) is 98.4. The first-order chi connectivity index (χ1) is 55.7. The molecule has 49 atom stereocenters. The van der Waals surface area contributed by atoms with E-state index in [2.05, 4.69) is 16.0 Å². The van der Waals surface area contributed by atoms with Crippen molar-refractivity contribution >= 4 is 17.7 Å². The molecule has 0 bridgehead atoms. The summed E-state index contributed by atoms with van der Waals surface area (Å²) in [7, 11) is 0. The highest BCUT2D eigenvalue weighted by atomic mass is 16.8. The van der Waals surface area contributed by atoms with Crippen LogP contribution in [-0.2, 0) is 99.6 Å². The van der Waals surface area contributed by atoms with Crippen LogP contribution in [0.25, 0.3) is 0 Å².